The standard InChI is InChI=1S/C12H22N4O/c1-8(2)5-11(12(17)9(3)4)16-7-10(6-13)14-15-16/h7-9,11H,5-6,13H2,1-4H3/t11-/m0/s1. The zero-order chi connectivity index (χ0) is 13.0. The lowest BCUT2D eigenvalue weighted by atomic mass is 9.94. The number of rotatable bonds is 6. The normalized spacial score (nSPS) is 13.4. The van der Waals surface area contributed by atoms with Crippen LogP contribution in [0.4, 0.5) is 0 Å². The molecule has 1 heterocycles. The minimum absolute atomic E-state index is 0.00396. The molecular formula is C12H22N4O. The fraction of sp³-hybridized carbons (Fsp3) is 0.750. The van der Waals surface area contributed by atoms with Crippen molar-refractivity contribution >= 4 is 5.78 Å². The summed E-state index contributed by atoms with van der Waals surface area (Å²) in [5, 5.41) is 7.95. The Labute approximate surface area is 102 Å². The van der Waals surface area contributed by atoms with Crippen LogP contribution in [0.3, 0.4) is 0 Å². The number of carbonyl (C=O) groups excluding carboxylic acids is 1. The summed E-state index contributed by atoms with van der Waals surface area (Å²) in [5.41, 5.74) is 6.22. The van der Waals surface area contributed by atoms with Gasteiger partial charge in [-0.2, -0.15) is 0 Å². The molecule has 0 fully saturated rings. The summed E-state index contributed by atoms with van der Waals surface area (Å²) < 4.78 is 1.66. The molecule has 0 unspecified atom stereocenters. The first kappa shape index (κ1) is 13.8. The van der Waals surface area contributed by atoms with Crippen LogP contribution in [0, 0.1) is 11.8 Å². The average Bonchev–Trinajstić information content (AvgIpc) is 2.72. The number of carbonyl (C=O) groups is 1. The van der Waals surface area contributed by atoms with Gasteiger partial charge in [-0.3, -0.25) is 4.79 Å². The molecule has 2 N–H and O–H groups in total. The van der Waals surface area contributed by atoms with Gasteiger partial charge in [-0.15, -0.1) is 5.10 Å². The van der Waals surface area contributed by atoms with E-state index >= 15 is 0 Å². The van der Waals surface area contributed by atoms with Crippen molar-refractivity contribution in [2.24, 2.45) is 17.6 Å². The van der Waals surface area contributed by atoms with E-state index in [0.717, 1.165) is 12.1 Å². The van der Waals surface area contributed by atoms with Gasteiger partial charge in [0.25, 0.3) is 0 Å². The van der Waals surface area contributed by atoms with Crippen LogP contribution >= 0.6 is 0 Å². The third-order valence-corrected chi connectivity index (χ3v) is 2.68. The van der Waals surface area contributed by atoms with E-state index in [1.54, 1.807) is 10.9 Å². The molecule has 5 heteroatoms. The van der Waals surface area contributed by atoms with Gasteiger partial charge in [-0.05, 0) is 12.3 Å². The Balaban J connectivity index is 2.93. The van der Waals surface area contributed by atoms with E-state index in [-0.39, 0.29) is 17.7 Å². The van der Waals surface area contributed by atoms with Crippen molar-refractivity contribution in [2.45, 2.75) is 46.7 Å². The van der Waals surface area contributed by atoms with Gasteiger partial charge in [0.05, 0.1) is 11.9 Å². The maximum absolute atomic E-state index is 12.2. The monoisotopic (exact) mass is 238 g/mol. The molecule has 5 nitrogen and oxygen atoms in total. The highest BCUT2D eigenvalue weighted by atomic mass is 16.1. The molecule has 0 aliphatic carbocycles. The van der Waals surface area contributed by atoms with Crippen LogP contribution in [-0.4, -0.2) is 20.8 Å². The number of aromatic nitrogens is 3. The fourth-order valence-corrected chi connectivity index (χ4v) is 1.75. The highest BCUT2D eigenvalue weighted by molar-refractivity contribution is 5.84. The summed E-state index contributed by atoms with van der Waals surface area (Å²) in [6.07, 6.45) is 2.55. The predicted molar refractivity (Wildman–Crippen MR) is 66.3 cm³/mol. The molecule has 0 aliphatic rings. The molecule has 1 atom stereocenters. The van der Waals surface area contributed by atoms with E-state index in [0.29, 0.717) is 12.5 Å². The first-order chi connectivity index (χ1) is 7.95. The van der Waals surface area contributed by atoms with Gasteiger partial charge in [-0.25, -0.2) is 4.68 Å². The van der Waals surface area contributed by atoms with Crippen LogP contribution in [0.25, 0.3) is 0 Å². The summed E-state index contributed by atoms with van der Waals surface area (Å²) in [7, 11) is 0. The minimum Gasteiger partial charge on any atom is -0.325 e. The molecular weight excluding hydrogens is 216 g/mol. The van der Waals surface area contributed by atoms with Crippen molar-refractivity contribution in [2.75, 3.05) is 0 Å². The van der Waals surface area contributed by atoms with Crippen molar-refractivity contribution in [3.05, 3.63) is 11.9 Å². The van der Waals surface area contributed by atoms with Crippen LogP contribution in [0.1, 0.15) is 45.9 Å². The average molecular weight is 238 g/mol. The molecule has 1 aromatic rings. The van der Waals surface area contributed by atoms with E-state index < -0.39 is 0 Å². The van der Waals surface area contributed by atoms with Gasteiger partial charge in [0.1, 0.15) is 6.04 Å². The second kappa shape index (κ2) is 5.91. The highest BCUT2D eigenvalue weighted by Crippen LogP contribution is 2.21. The summed E-state index contributed by atoms with van der Waals surface area (Å²) in [6, 6.07) is -0.220. The smallest absolute Gasteiger partial charge is 0.159 e. The Hall–Kier alpha value is -1.23. The lowest BCUT2D eigenvalue weighted by Gasteiger charge is -2.19. The number of hydrogen-bond acceptors (Lipinski definition) is 4. The van der Waals surface area contributed by atoms with Crippen LogP contribution in [-0.2, 0) is 11.3 Å². The van der Waals surface area contributed by atoms with Crippen molar-refractivity contribution in [3.63, 3.8) is 0 Å². The first-order valence-electron chi connectivity index (χ1n) is 6.10. The molecule has 0 bridgehead atoms. The second-order valence-electron chi connectivity index (χ2n) is 5.10. The Morgan fingerprint density at radius 3 is 2.47 bits per heavy atom. The van der Waals surface area contributed by atoms with E-state index in [9.17, 15) is 4.79 Å². The topological polar surface area (TPSA) is 73.8 Å². The summed E-state index contributed by atoms with van der Waals surface area (Å²) in [4.78, 5) is 12.2. The van der Waals surface area contributed by atoms with Crippen molar-refractivity contribution in [3.8, 4) is 0 Å². The van der Waals surface area contributed by atoms with Crippen LogP contribution in [0.15, 0.2) is 6.20 Å². The SMILES string of the molecule is CC(C)C[C@@H](C(=O)C(C)C)n1cc(CN)nn1. The molecule has 17 heavy (non-hydrogen) atoms. The number of ketones is 1. The van der Waals surface area contributed by atoms with E-state index in [1.165, 1.54) is 0 Å². The van der Waals surface area contributed by atoms with E-state index in [4.69, 9.17) is 5.73 Å². The maximum Gasteiger partial charge on any atom is 0.159 e. The molecule has 0 aliphatic heterocycles. The maximum atomic E-state index is 12.2. The van der Waals surface area contributed by atoms with E-state index in [2.05, 4.69) is 24.2 Å². The molecule has 0 saturated carbocycles. The zero-order valence-corrected chi connectivity index (χ0v) is 11.1. The van der Waals surface area contributed by atoms with Gasteiger partial charge in [-0.1, -0.05) is 32.9 Å². The predicted octanol–water partition coefficient (Wildman–Crippen LogP) is 1.55. The summed E-state index contributed by atoms with van der Waals surface area (Å²) in [6.45, 7) is 8.37. The van der Waals surface area contributed by atoms with E-state index in [1.807, 2.05) is 13.8 Å². The molecule has 0 radical (unpaired) electrons. The molecule has 1 rings (SSSR count). The van der Waals surface area contributed by atoms with Gasteiger partial charge in [0.15, 0.2) is 5.78 Å². The second-order valence-corrected chi connectivity index (χ2v) is 5.10. The van der Waals surface area contributed by atoms with Gasteiger partial charge in [0.2, 0.25) is 0 Å². The Kier molecular flexibility index (Phi) is 4.81. The lowest BCUT2D eigenvalue weighted by molar-refractivity contribution is -0.126. The van der Waals surface area contributed by atoms with Crippen molar-refractivity contribution < 1.29 is 4.79 Å². The summed E-state index contributed by atoms with van der Waals surface area (Å²) in [5.74, 6) is 0.643. The highest BCUT2D eigenvalue weighted by Gasteiger charge is 2.25. The third kappa shape index (κ3) is 3.63. The molecule has 0 spiro atoms. The number of nitrogens with two attached hydrogens (primary N) is 1. The molecule has 0 aromatic carbocycles. The first-order valence-corrected chi connectivity index (χ1v) is 6.10. The number of Topliss-reactive ketones (excluding diaryl/α,β-unsaturated/α-hetero) is 1. The van der Waals surface area contributed by atoms with Crippen molar-refractivity contribution in [1.29, 1.82) is 0 Å². The van der Waals surface area contributed by atoms with Crippen LogP contribution in [0.2, 0.25) is 0 Å². The number of hydrogen-bond donors (Lipinski definition) is 1. The Bertz CT molecular complexity index is 370. The fourth-order valence-electron chi connectivity index (χ4n) is 1.75. The quantitative estimate of drug-likeness (QED) is 0.816. The zero-order valence-electron chi connectivity index (χ0n) is 11.1. The van der Waals surface area contributed by atoms with Gasteiger partial charge >= 0.3 is 0 Å². The molecule has 96 valence electrons. The Morgan fingerprint density at radius 1 is 1.41 bits per heavy atom. The minimum atomic E-state index is -0.220. The third-order valence-electron chi connectivity index (χ3n) is 2.68. The molecule has 0 amide bonds. The van der Waals surface area contributed by atoms with Crippen LogP contribution < -0.4 is 5.73 Å². The molecule has 0 saturated heterocycles. The largest absolute Gasteiger partial charge is 0.325 e. The van der Waals surface area contributed by atoms with Crippen molar-refractivity contribution in [1.82, 2.24) is 15.0 Å². The number of nitrogens with zero attached hydrogens (tertiary/aromatic N) is 3. The lowest BCUT2D eigenvalue weighted by Crippen LogP contribution is -2.25. The van der Waals surface area contributed by atoms with Gasteiger partial charge in [0, 0.05) is 12.5 Å². The summed E-state index contributed by atoms with van der Waals surface area (Å²) >= 11 is 0. The molecule has 1 aromatic heterocycles. The Morgan fingerprint density at radius 2 is 2.06 bits per heavy atom. The van der Waals surface area contributed by atoms with Gasteiger partial charge < -0.3 is 5.73 Å². The van der Waals surface area contributed by atoms with Crippen LogP contribution in [0.5, 0.6) is 0 Å².